The largest absolute Gasteiger partial charge is 0.350 e. The second-order valence-electron chi connectivity index (χ2n) is 6.39. The van der Waals surface area contributed by atoms with Gasteiger partial charge in [-0.25, -0.2) is 0 Å². The molecule has 1 heterocycles. The Bertz CT molecular complexity index is 1040. The maximum absolute atomic E-state index is 12.1. The summed E-state index contributed by atoms with van der Waals surface area (Å²) in [4.78, 5) is 38.7. The molecule has 28 heavy (non-hydrogen) atoms. The first-order chi connectivity index (χ1) is 13.5. The highest BCUT2D eigenvalue weighted by atomic mass is 35.5. The Balaban J connectivity index is 1.44. The summed E-state index contributed by atoms with van der Waals surface area (Å²) in [6.45, 7) is 0.249. The topological polar surface area (TPSA) is 91.1 Å². The molecule has 6 nitrogen and oxygen atoms in total. The van der Waals surface area contributed by atoms with E-state index in [1.165, 1.54) is 0 Å². The van der Waals surface area contributed by atoms with E-state index in [1.54, 1.807) is 18.2 Å². The van der Waals surface area contributed by atoms with Crippen LogP contribution in [0.2, 0.25) is 5.02 Å². The SMILES string of the molecule is O=C(CCc1cc2ccccc2[nH]c1=O)NCC(=O)NCc1ccc(Cl)cc1. The third-order valence-electron chi connectivity index (χ3n) is 4.30. The summed E-state index contributed by atoms with van der Waals surface area (Å²) < 4.78 is 0. The molecule has 0 aliphatic rings. The molecule has 0 unspecified atom stereocenters. The van der Waals surface area contributed by atoms with Gasteiger partial charge in [0.2, 0.25) is 11.8 Å². The zero-order valence-corrected chi connectivity index (χ0v) is 15.9. The van der Waals surface area contributed by atoms with Crippen LogP contribution in [0.5, 0.6) is 0 Å². The van der Waals surface area contributed by atoms with Crippen molar-refractivity contribution in [1.29, 1.82) is 0 Å². The van der Waals surface area contributed by atoms with Gasteiger partial charge in [0.15, 0.2) is 0 Å². The molecule has 1 aromatic heterocycles. The Hall–Kier alpha value is -3.12. The second kappa shape index (κ2) is 9.19. The number of nitrogens with one attached hydrogen (secondary N) is 3. The highest BCUT2D eigenvalue weighted by Gasteiger charge is 2.08. The summed E-state index contributed by atoms with van der Waals surface area (Å²) in [7, 11) is 0. The number of aryl methyl sites for hydroxylation is 1. The molecule has 0 saturated carbocycles. The molecule has 0 bridgehead atoms. The number of fused-ring (bicyclic) bond motifs is 1. The lowest BCUT2D eigenvalue weighted by atomic mass is 10.1. The molecule has 0 fully saturated rings. The average Bonchev–Trinajstić information content (AvgIpc) is 2.70. The van der Waals surface area contributed by atoms with Gasteiger partial charge in [-0.15, -0.1) is 0 Å². The van der Waals surface area contributed by atoms with E-state index >= 15 is 0 Å². The number of aromatic amines is 1. The number of para-hydroxylation sites is 1. The zero-order valence-electron chi connectivity index (χ0n) is 15.1. The van der Waals surface area contributed by atoms with Crippen LogP contribution in [-0.2, 0) is 22.6 Å². The Morgan fingerprint density at radius 3 is 2.50 bits per heavy atom. The fourth-order valence-corrected chi connectivity index (χ4v) is 2.89. The number of hydrogen-bond donors (Lipinski definition) is 3. The van der Waals surface area contributed by atoms with E-state index in [0.29, 0.717) is 23.6 Å². The normalized spacial score (nSPS) is 10.6. The third-order valence-corrected chi connectivity index (χ3v) is 4.55. The molecule has 3 N–H and O–H groups in total. The van der Waals surface area contributed by atoms with E-state index in [9.17, 15) is 14.4 Å². The molecule has 7 heteroatoms. The lowest BCUT2D eigenvalue weighted by Gasteiger charge is -2.07. The van der Waals surface area contributed by atoms with Crippen molar-refractivity contribution in [2.45, 2.75) is 19.4 Å². The minimum absolute atomic E-state index is 0.111. The smallest absolute Gasteiger partial charge is 0.251 e. The Kier molecular flexibility index (Phi) is 6.45. The first-order valence-corrected chi connectivity index (χ1v) is 9.28. The molecule has 144 valence electrons. The lowest BCUT2D eigenvalue weighted by Crippen LogP contribution is -2.36. The van der Waals surface area contributed by atoms with Crippen molar-refractivity contribution in [2.24, 2.45) is 0 Å². The van der Waals surface area contributed by atoms with Crippen LogP contribution in [0.4, 0.5) is 0 Å². The maximum Gasteiger partial charge on any atom is 0.251 e. The van der Waals surface area contributed by atoms with E-state index < -0.39 is 0 Å². The van der Waals surface area contributed by atoms with Gasteiger partial charge in [-0.05, 0) is 41.6 Å². The number of hydrogen-bond acceptors (Lipinski definition) is 3. The van der Waals surface area contributed by atoms with Crippen molar-refractivity contribution in [1.82, 2.24) is 15.6 Å². The van der Waals surface area contributed by atoms with Gasteiger partial charge in [-0.1, -0.05) is 41.9 Å². The third kappa shape index (κ3) is 5.44. The van der Waals surface area contributed by atoms with Gasteiger partial charge in [0.25, 0.3) is 5.56 Å². The molecular weight excluding hydrogens is 378 g/mol. The summed E-state index contributed by atoms with van der Waals surface area (Å²) in [5.41, 5.74) is 2.02. The minimum Gasteiger partial charge on any atom is -0.350 e. The van der Waals surface area contributed by atoms with Gasteiger partial charge in [0.1, 0.15) is 0 Å². The Morgan fingerprint density at radius 1 is 0.964 bits per heavy atom. The van der Waals surface area contributed by atoms with Crippen molar-refractivity contribution in [3.05, 3.63) is 81.1 Å². The fraction of sp³-hybridized carbons (Fsp3) is 0.190. The zero-order chi connectivity index (χ0) is 19.9. The number of aromatic nitrogens is 1. The van der Waals surface area contributed by atoms with Crippen LogP contribution >= 0.6 is 11.6 Å². The van der Waals surface area contributed by atoms with Crippen LogP contribution in [0.1, 0.15) is 17.5 Å². The van der Waals surface area contributed by atoms with Gasteiger partial charge in [0, 0.05) is 29.1 Å². The van der Waals surface area contributed by atoms with Gasteiger partial charge < -0.3 is 15.6 Å². The van der Waals surface area contributed by atoms with Crippen LogP contribution in [-0.4, -0.2) is 23.3 Å². The van der Waals surface area contributed by atoms with Crippen molar-refractivity contribution >= 4 is 34.3 Å². The Labute approximate surface area is 166 Å². The van der Waals surface area contributed by atoms with Gasteiger partial charge in [-0.2, -0.15) is 0 Å². The van der Waals surface area contributed by atoms with Crippen molar-refractivity contribution in [2.75, 3.05) is 6.54 Å². The molecule has 0 aliphatic carbocycles. The van der Waals surface area contributed by atoms with Crippen LogP contribution in [0.25, 0.3) is 10.9 Å². The molecule has 0 radical (unpaired) electrons. The van der Waals surface area contributed by atoms with Crippen LogP contribution in [0, 0.1) is 0 Å². The number of carbonyl (C=O) groups is 2. The minimum atomic E-state index is -0.285. The number of rotatable bonds is 7. The van der Waals surface area contributed by atoms with Crippen molar-refractivity contribution in [3.63, 3.8) is 0 Å². The number of halogens is 1. The summed E-state index contributed by atoms with van der Waals surface area (Å²) >= 11 is 5.81. The van der Waals surface area contributed by atoms with Crippen LogP contribution in [0.15, 0.2) is 59.4 Å². The predicted octanol–water partition coefficient (Wildman–Crippen LogP) is 2.55. The summed E-state index contributed by atoms with van der Waals surface area (Å²) in [5.74, 6) is -0.568. The van der Waals surface area contributed by atoms with E-state index in [0.717, 1.165) is 16.5 Å². The molecule has 3 rings (SSSR count). The number of carbonyl (C=O) groups excluding carboxylic acids is 2. The van der Waals surface area contributed by atoms with Crippen molar-refractivity contribution < 1.29 is 9.59 Å². The van der Waals surface area contributed by atoms with Gasteiger partial charge in [-0.3, -0.25) is 14.4 Å². The first kappa shape index (κ1) is 19.6. The molecular formula is C21H20ClN3O3. The highest BCUT2D eigenvalue weighted by molar-refractivity contribution is 6.30. The molecule has 2 amide bonds. The Morgan fingerprint density at radius 2 is 1.71 bits per heavy atom. The maximum atomic E-state index is 12.1. The summed E-state index contributed by atoms with van der Waals surface area (Å²) in [6.07, 6.45) is 0.435. The number of H-pyrrole nitrogens is 1. The molecule has 0 saturated heterocycles. The van der Waals surface area contributed by atoms with Gasteiger partial charge >= 0.3 is 0 Å². The summed E-state index contributed by atoms with van der Waals surface area (Å²) in [6, 6.07) is 16.4. The van der Waals surface area contributed by atoms with Crippen molar-refractivity contribution in [3.8, 4) is 0 Å². The fourth-order valence-electron chi connectivity index (χ4n) is 2.76. The van der Waals surface area contributed by atoms with E-state index in [1.807, 2.05) is 36.4 Å². The number of pyridine rings is 1. The standard InChI is InChI=1S/C21H20ClN3O3/c22-17-8-5-14(6-9-17)12-23-20(27)13-24-19(26)10-7-16-11-15-3-1-2-4-18(15)25-21(16)28/h1-6,8-9,11H,7,10,12-13H2,(H,23,27)(H,24,26)(H,25,28). The average molecular weight is 398 g/mol. The summed E-state index contributed by atoms with van der Waals surface area (Å²) in [5, 5.41) is 6.84. The molecule has 0 spiro atoms. The van der Waals surface area contributed by atoms with Gasteiger partial charge in [0.05, 0.1) is 6.54 Å². The van der Waals surface area contributed by atoms with Crippen LogP contribution < -0.4 is 16.2 Å². The predicted molar refractivity (Wildman–Crippen MR) is 109 cm³/mol. The number of benzene rings is 2. The number of amides is 2. The molecule has 3 aromatic rings. The van der Waals surface area contributed by atoms with Crippen LogP contribution in [0.3, 0.4) is 0 Å². The monoisotopic (exact) mass is 397 g/mol. The van der Waals surface area contributed by atoms with E-state index in [2.05, 4.69) is 15.6 Å². The molecule has 0 atom stereocenters. The van der Waals surface area contributed by atoms with E-state index in [4.69, 9.17) is 11.6 Å². The highest BCUT2D eigenvalue weighted by Crippen LogP contribution is 2.11. The second-order valence-corrected chi connectivity index (χ2v) is 6.83. The molecule has 0 aliphatic heterocycles. The molecule has 2 aromatic carbocycles. The first-order valence-electron chi connectivity index (χ1n) is 8.90. The quantitative estimate of drug-likeness (QED) is 0.572. The van der Waals surface area contributed by atoms with E-state index in [-0.39, 0.29) is 30.3 Å². The lowest BCUT2D eigenvalue weighted by molar-refractivity contribution is -0.126.